The predicted octanol–water partition coefficient (Wildman–Crippen LogP) is 3.53. The number of benzene rings is 2. The second-order valence-electron chi connectivity index (χ2n) is 4.70. The van der Waals surface area contributed by atoms with E-state index in [0.717, 1.165) is 0 Å². The Morgan fingerprint density at radius 2 is 1.65 bits per heavy atom. The summed E-state index contributed by atoms with van der Waals surface area (Å²) < 4.78 is 10.5. The van der Waals surface area contributed by atoms with E-state index in [9.17, 15) is 9.59 Å². The molecule has 1 amide bonds. The Morgan fingerprint density at radius 1 is 1.00 bits per heavy atom. The minimum atomic E-state index is -0.445. The molecule has 6 heteroatoms. The average molecular weight is 334 g/mol. The fourth-order valence-corrected chi connectivity index (χ4v) is 1.93. The molecule has 0 unspecified atom stereocenters. The van der Waals surface area contributed by atoms with Crippen molar-refractivity contribution in [3.05, 3.63) is 59.1 Å². The van der Waals surface area contributed by atoms with Gasteiger partial charge in [-0.3, -0.25) is 4.79 Å². The Balaban J connectivity index is 1.76. The number of carbonyl (C=O) groups excluding carboxylic acids is 2. The Kier molecular flexibility index (Phi) is 6.00. The van der Waals surface area contributed by atoms with Gasteiger partial charge in [-0.15, -0.1) is 0 Å². The first-order valence-corrected chi connectivity index (χ1v) is 7.35. The molecule has 2 aromatic carbocycles. The van der Waals surface area contributed by atoms with Crippen molar-refractivity contribution in [3.8, 4) is 5.75 Å². The molecule has 120 valence electrons. The van der Waals surface area contributed by atoms with Crippen LogP contribution in [0.4, 0.5) is 5.69 Å². The van der Waals surface area contributed by atoms with Gasteiger partial charge < -0.3 is 14.8 Å². The number of nitrogens with one attached hydrogen (secondary N) is 1. The van der Waals surface area contributed by atoms with Crippen molar-refractivity contribution < 1.29 is 19.1 Å². The number of halogens is 1. The minimum Gasteiger partial charge on any atom is -0.490 e. The highest BCUT2D eigenvalue weighted by molar-refractivity contribution is 6.30. The normalized spacial score (nSPS) is 10.0. The van der Waals surface area contributed by atoms with Gasteiger partial charge in [0.25, 0.3) is 0 Å². The van der Waals surface area contributed by atoms with Gasteiger partial charge in [0.05, 0.1) is 5.56 Å². The smallest absolute Gasteiger partial charge is 0.338 e. The van der Waals surface area contributed by atoms with Gasteiger partial charge >= 0.3 is 5.97 Å². The minimum absolute atomic E-state index is 0.134. The van der Waals surface area contributed by atoms with Crippen LogP contribution in [0, 0.1) is 0 Å². The van der Waals surface area contributed by atoms with Gasteiger partial charge in [0.1, 0.15) is 19.0 Å². The maximum Gasteiger partial charge on any atom is 0.338 e. The summed E-state index contributed by atoms with van der Waals surface area (Å²) >= 11 is 5.77. The first-order valence-electron chi connectivity index (χ1n) is 6.98. The molecule has 0 heterocycles. The zero-order valence-corrected chi connectivity index (χ0v) is 13.3. The molecule has 23 heavy (non-hydrogen) atoms. The number of hydrogen-bond acceptors (Lipinski definition) is 4. The lowest BCUT2D eigenvalue weighted by Crippen LogP contribution is -2.12. The third kappa shape index (κ3) is 5.64. The summed E-state index contributed by atoms with van der Waals surface area (Å²) in [6.07, 6.45) is 0. The van der Waals surface area contributed by atoms with Crippen LogP contribution >= 0.6 is 11.6 Å². The average Bonchev–Trinajstić information content (AvgIpc) is 2.53. The first-order chi connectivity index (χ1) is 11.0. The third-order valence-electron chi connectivity index (χ3n) is 2.84. The molecule has 0 bridgehead atoms. The fourth-order valence-electron chi connectivity index (χ4n) is 1.80. The Hall–Kier alpha value is -2.53. The van der Waals surface area contributed by atoms with Crippen molar-refractivity contribution in [1.82, 2.24) is 0 Å². The van der Waals surface area contributed by atoms with Gasteiger partial charge in [-0.25, -0.2) is 4.79 Å². The van der Waals surface area contributed by atoms with Crippen LogP contribution in [-0.4, -0.2) is 25.1 Å². The van der Waals surface area contributed by atoms with Crippen molar-refractivity contribution in [3.63, 3.8) is 0 Å². The zero-order chi connectivity index (χ0) is 16.7. The molecule has 0 fully saturated rings. The molecule has 0 atom stereocenters. The maximum atomic E-state index is 11.9. The lowest BCUT2D eigenvalue weighted by Gasteiger charge is -2.08. The molecule has 0 aromatic heterocycles. The largest absolute Gasteiger partial charge is 0.490 e. The van der Waals surface area contributed by atoms with Crippen LogP contribution in [0.1, 0.15) is 17.3 Å². The van der Waals surface area contributed by atoms with E-state index in [1.54, 1.807) is 48.5 Å². The predicted molar refractivity (Wildman–Crippen MR) is 88.0 cm³/mol. The van der Waals surface area contributed by atoms with Crippen LogP contribution in [0.25, 0.3) is 0 Å². The van der Waals surface area contributed by atoms with Crippen molar-refractivity contribution in [2.24, 2.45) is 0 Å². The molecule has 0 saturated carbocycles. The summed E-state index contributed by atoms with van der Waals surface area (Å²) in [5.74, 6) is 0.0452. The Morgan fingerprint density at radius 3 is 2.26 bits per heavy atom. The van der Waals surface area contributed by atoms with Gasteiger partial charge in [-0.1, -0.05) is 11.6 Å². The van der Waals surface area contributed by atoms with E-state index in [1.165, 1.54) is 6.92 Å². The van der Waals surface area contributed by atoms with E-state index in [1.807, 2.05) is 0 Å². The number of carbonyl (C=O) groups is 2. The second-order valence-corrected chi connectivity index (χ2v) is 5.13. The van der Waals surface area contributed by atoms with Gasteiger partial charge in [0, 0.05) is 17.6 Å². The third-order valence-corrected chi connectivity index (χ3v) is 3.09. The van der Waals surface area contributed by atoms with Crippen molar-refractivity contribution in [1.29, 1.82) is 0 Å². The van der Waals surface area contributed by atoms with Crippen LogP contribution in [0.15, 0.2) is 48.5 Å². The first kappa shape index (κ1) is 16.8. The molecule has 0 spiro atoms. The van der Waals surface area contributed by atoms with Gasteiger partial charge in [0.15, 0.2) is 0 Å². The number of anilines is 1. The molecule has 0 radical (unpaired) electrons. The van der Waals surface area contributed by atoms with Gasteiger partial charge in [-0.05, 0) is 48.5 Å². The molecule has 1 N–H and O–H groups in total. The van der Waals surface area contributed by atoms with Crippen LogP contribution in [-0.2, 0) is 9.53 Å². The quantitative estimate of drug-likeness (QED) is 0.648. The molecule has 5 nitrogen and oxygen atoms in total. The SMILES string of the molecule is CC(=O)Nc1ccc(C(=O)OCCOc2ccc(Cl)cc2)cc1. The molecular formula is C17H16ClNO4. The number of ether oxygens (including phenoxy) is 2. The summed E-state index contributed by atoms with van der Waals surface area (Å²) in [5, 5.41) is 3.26. The summed E-state index contributed by atoms with van der Waals surface area (Å²) in [6.45, 7) is 1.80. The van der Waals surface area contributed by atoms with E-state index >= 15 is 0 Å². The summed E-state index contributed by atoms with van der Waals surface area (Å²) in [5.41, 5.74) is 1.03. The molecule has 0 aliphatic rings. The van der Waals surface area contributed by atoms with Gasteiger partial charge in [-0.2, -0.15) is 0 Å². The van der Waals surface area contributed by atoms with Crippen molar-refractivity contribution in [2.45, 2.75) is 6.92 Å². The highest BCUT2D eigenvalue weighted by Gasteiger charge is 2.07. The molecule has 0 aliphatic heterocycles. The van der Waals surface area contributed by atoms with Crippen LogP contribution < -0.4 is 10.1 Å². The van der Waals surface area contributed by atoms with E-state index in [4.69, 9.17) is 21.1 Å². The van der Waals surface area contributed by atoms with Crippen LogP contribution in [0.2, 0.25) is 5.02 Å². The molecular weight excluding hydrogens is 318 g/mol. The second kappa shape index (κ2) is 8.19. The van der Waals surface area contributed by atoms with Crippen molar-refractivity contribution >= 4 is 29.2 Å². The lowest BCUT2D eigenvalue weighted by atomic mass is 10.2. The van der Waals surface area contributed by atoms with E-state index < -0.39 is 5.97 Å². The maximum absolute atomic E-state index is 11.9. The molecule has 0 aliphatic carbocycles. The van der Waals surface area contributed by atoms with E-state index in [0.29, 0.717) is 22.0 Å². The summed E-state index contributed by atoms with van der Waals surface area (Å²) in [7, 11) is 0. The van der Waals surface area contributed by atoms with Crippen molar-refractivity contribution in [2.75, 3.05) is 18.5 Å². The van der Waals surface area contributed by atoms with Gasteiger partial charge in [0.2, 0.25) is 5.91 Å². The zero-order valence-electron chi connectivity index (χ0n) is 12.5. The Bertz CT molecular complexity index is 668. The standard InChI is InChI=1S/C17H16ClNO4/c1-12(20)19-15-6-2-13(3-7-15)17(21)23-11-10-22-16-8-4-14(18)5-9-16/h2-9H,10-11H2,1H3,(H,19,20). The summed E-state index contributed by atoms with van der Waals surface area (Å²) in [4.78, 5) is 22.8. The fraction of sp³-hybridized carbons (Fsp3) is 0.176. The Labute approximate surface area is 139 Å². The summed E-state index contributed by atoms with van der Waals surface area (Å²) in [6, 6.07) is 13.4. The molecule has 2 aromatic rings. The highest BCUT2D eigenvalue weighted by Crippen LogP contribution is 2.15. The number of esters is 1. The molecule has 0 saturated heterocycles. The highest BCUT2D eigenvalue weighted by atomic mass is 35.5. The topological polar surface area (TPSA) is 64.6 Å². The number of rotatable bonds is 6. The van der Waals surface area contributed by atoms with Crippen LogP contribution in [0.3, 0.4) is 0 Å². The van der Waals surface area contributed by atoms with E-state index in [2.05, 4.69) is 5.32 Å². The monoisotopic (exact) mass is 333 g/mol. The molecule has 2 rings (SSSR count). The lowest BCUT2D eigenvalue weighted by molar-refractivity contribution is -0.114. The number of hydrogen-bond donors (Lipinski definition) is 1. The van der Waals surface area contributed by atoms with E-state index in [-0.39, 0.29) is 19.1 Å². The van der Waals surface area contributed by atoms with Crippen LogP contribution in [0.5, 0.6) is 5.75 Å². The number of amides is 1.